The second-order valence-corrected chi connectivity index (χ2v) is 6.29. The minimum absolute atomic E-state index is 0.119. The summed E-state index contributed by atoms with van der Waals surface area (Å²) in [5.74, 6) is 0.747. The molecule has 0 fully saturated rings. The number of nitrogens with zero attached hydrogens (tertiary/aromatic N) is 2. The second-order valence-electron chi connectivity index (χ2n) is 5.09. The highest BCUT2D eigenvalue weighted by molar-refractivity contribution is 8.01. The Balaban J connectivity index is 2.05. The van der Waals surface area contributed by atoms with Crippen molar-refractivity contribution < 1.29 is 13.9 Å². The predicted octanol–water partition coefficient (Wildman–Crippen LogP) is 4.54. The lowest BCUT2D eigenvalue weighted by Crippen LogP contribution is -2.06. The topological polar surface area (TPSA) is 56.3 Å². The molecule has 1 N–H and O–H groups in total. The van der Waals surface area contributed by atoms with Gasteiger partial charge in [0.25, 0.3) is 0 Å². The van der Waals surface area contributed by atoms with Crippen LogP contribution in [0.2, 0.25) is 5.15 Å². The molecule has 0 radical (unpaired) electrons. The van der Waals surface area contributed by atoms with Gasteiger partial charge in [-0.2, -0.15) is 0 Å². The highest BCUT2D eigenvalue weighted by atomic mass is 35.5. The van der Waals surface area contributed by atoms with E-state index in [1.165, 1.54) is 32.2 Å². The number of rotatable bonds is 2. The van der Waals surface area contributed by atoms with Crippen LogP contribution < -0.4 is 14.2 Å². The van der Waals surface area contributed by atoms with Crippen LogP contribution in [-0.2, 0) is 0 Å². The highest BCUT2D eigenvalue weighted by Gasteiger charge is 2.28. The minimum Gasteiger partial charge on any atom is -0.495 e. The average Bonchev–Trinajstić information content (AvgIpc) is 2.60. The number of nitrogens with one attached hydrogen (secondary N) is 1. The van der Waals surface area contributed by atoms with Crippen LogP contribution in [0.15, 0.2) is 29.3 Å². The van der Waals surface area contributed by atoms with Crippen molar-refractivity contribution in [3.8, 4) is 22.6 Å². The maximum atomic E-state index is 14.9. The van der Waals surface area contributed by atoms with E-state index in [2.05, 4.69) is 14.7 Å². The number of pyridine rings is 2. The van der Waals surface area contributed by atoms with Crippen molar-refractivity contribution in [2.45, 2.75) is 4.90 Å². The number of hydrogen-bond acceptors (Lipinski definition) is 6. The SMILES string of the molecule is COc1cc(OC)c2c(c1F)-c1cc3cnc(Cl)cc3nc1NS2. The molecule has 0 saturated heterocycles. The fourth-order valence-corrected chi connectivity index (χ4v) is 3.70. The zero-order valence-electron chi connectivity index (χ0n) is 12.7. The van der Waals surface area contributed by atoms with E-state index in [9.17, 15) is 4.39 Å². The van der Waals surface area contributed by atoms with Crippen LogP contribution in [0.5, 0.6) is 11.5 Å². The Bertz CT molecular complexity index is 983. The first kappa shape index (κ1) is 15.3. The molecule has 1 aliphatic rings. The predicted molar refractivity (Wildman–Crippen MR) is 92.5 cm³/mol. The van der Waals surface area contributed by atoms with Gasteiger partial charge >= 0.3 is 0 Å². The van der Waals surface area contributed by atoms with Crippen molar-refractivity contribution in [3.63, 3.8) is 0 Å². The van der Waals surface area contributed by atoms with E-state index in [4.69, 9.17) is 21.1 Å². The number of aromatic nitrogens is 2. The van der Waals surface area contributed by atoms with Gasteiger partial charge in [-0.3, -0.25) is 0 Å². The third kappa shape index (κ3) is 2.23. The molecule has 1 aromatic carbocycles. The van der Waals surface area contributed by atoms with Gasteiger partial charge in [-0.15, -0.1) is 0 Å². The van der Waals surface area contributed by atoms with Crippen molar-refractivity contribution in [2.24, 2.45) is 0 Å². The van der Waals surface area contributed by atoms with Gasteiger partial charge in [0, 0.05) is 34.8 Å². The summed E-state index contributed by atoms with van der Waals surface area (Å²) in [6.45, 7) is 0. The van der Waals surface area contributed by atoms with Crippen molar-refractivity contribution in [1.29, 1.82) is 0 Å². The molecule has 8 heteroatoms. The molecule has 0 amide bonds. The fraction of sp³-hybridized carbons (Fsp3) is 0.125. The van der Waals surface area contributed by atoms with Gasteiger partial charge in [0.2, 0.25) is 0 Å². The van der Waals surface area contributed by atoms with Crippen LogP contribution >= 0.6 is 23.5 Å². The molecule has 0 aliphatic carbocycles. The Hall–Kier alpha value is -2.25. The molecule has 5 nitrogen and oxygen atoms in total. The monoisotopic (exact) mass is 363 g/mol. The molecule has 122 valence electrons. The van der Waals surface area contributed by atoms with E-state index >= 15 is 0 Å². The number of fused-ring (bicyclic) bond motifs is 4. The molecule has 0 bridgehead atoms. The number of methoxy groups -OCH3 is 2. The molecular weight excluding hydrogens is 353 g/mol. The molecule has 0 spiro atoms. The first-order valence-electron chi connectivity index (χ1n) is 6.96. The van der Waals surface area contributed by atoms with E-state index in [0.717, 1.165) is 5.39 Å². The molecule has 1 aliphatic heterocycles. The van der Waals surface area contributed by atoms with Crippen LogP contribution in [0.25, 0.3) is 22.0 Å². The molecule has 0 atom stereocenters. The molecular formula is C16H11ClFN3O2S. The Labute approximate surface area is 146 Å². The second kappa shape index (κ2) is 5.68. The number of hydrogen-bond donors (Lipinski definition) is 1. The van der Waals surface area contributed by atoms with Crippen molar-refractivity contribution in [1.82, 2.24) is 9.97 Å². The number of halogens is 2. The molecule has 3 heterocycles. The normalized spacial score (nSPS) is 12.3. The zero-order valence-corrected chi connectivity index (χ0v) is 14.3. The zero-order chi connectivity index (χ0) is 16.8. The average molecular weight is 364 g/mol. The van der Waals surface area contributed by atoms with Crippen LogP contribution in [-0.4, -0.2) is 24.2 Å². The summed E-state index contributed by atoms with van der Waals surface area (Å²) in [6.07, 6.45) is 1.61. The van der Waals surface area contributed by atoms with Gasteiger partial charge in [0.1, 0.15) is 16.7 Å². The minimum atomic E-state index is -0.452. The standard InChI is InChI=1S/C16H11ClFN3O2S/c1-22-10-5-11(23-2)15-13(14(10)18)8-3-7-6-19-12(17)4-9(7)20-16(8)21-24-15/h3-6H,1-2H3,(H,20,21). The van der Waals surface area contributed by atoms with Crippen molar-refractivity contribution in [3.05, 3.63) is 35.4 Å². The number of benzene rings is 1. The molecule has 2 aromatic heterocycles. The third-order valence-corrected chi connectivity index (χ3v) is 4.89. The van der Waals surface area contributed by atoms with E-state index in [0.29, 0.717) is 38.3 Å². The molecule has 0 saturated carbocycles. The van der Waals surface area contributed by atoms with Crippen molar-refractivity contribution in [2.75, 3.05) is 18.9 Å². The van der Waals surface area contributed by atoms with Gasteiger partial charge in [0.15, 0.2) is 11.6 Å². The summed E-state index contributed by atoms with van der Waals surface area (Å²) in [7, 11) is 2.96. The van der Waals surface area contributed by atoms with Crippen molar-refractivity contribution >= 4 is 40.3 Å². The number of anilines is 1. The van der Waals surface area contributed by atoms with Crippen LogP contribution in [0.3, 0.4) is 0 Å². The maximum absolute atomic E-state index is 14.9. The van der Waals surface area contributed by atoms with E-state index < -0.39 is 5.82 Å². The summed E-state index contributed by atoms with van der Waals surface area (Å²) >= 11 is 7.16. The third-order valence-electron chi connectivity index (χ3n) is 3.77. The molecule has 0 unspecified atom stereocenters. The Morgan fingerprint density at radius 1 is 1.17 bits per heavy atom. The van der Waals surface area contributed by atoms with Gasteiger partial charge in [0.05, 0.1) is 24.6 Å². The largest absolute Gasteiger partial charge is 0.495 e. The lowest BCUT2D eigenvalue weighted by molar-refractivity contribution is 0.369. The van der Waals surface area contributed by atoms with Crippen LogP contribution in [0.1, 0.15) is 0 Å². The maximum Gasteiger partial charge on any atom is 0.174 e. The van der Waals surface area contributed by atoms with Gasteiger partial charge < -0.3 is 14.2 Å². The fourth-order valence-electron chi connectivity index (χ4n) is 2.65. The summed E-state index contributed by atoms with van der Waals surface area (Å²) in [6, 6.07) is 5.03. The summed E-state index contributed by atoms with van der Waals surface area (Å²) < 4.78 is 28.6. The molecule has 3 aromatic rings. The van der Waals surface area contributed by atoms with Gasteiger partial charge in [-0.1, -0.05) is 11.6 Å². The lowest BCUT2D eigenvalue weighted by Gasteiger charge is -2.23. The Morgan fingerprint density at radius 3 is 2.71 bits per heavy atom. The summed E-state index contributed by atoms with van der Waals surface area (Å²) in [5, 5.41) is 1.12. The first-order valence-corrected chi connectivity index (χ1v) is 8.16. The van der Waals surface area contributed by atoms with Crippen LogP contribution in [0, 0.1) is 5.82 Å². The lowest BCUT2D eigenvalue weighted by atomic mass is 10.0. The van der Waals surface area contributed by atoms with E-state index in [1.807, 2.05) is 6.07 Å². The summed E-state index contributed by atoms with van der Waals surface area (Å²) in [4.78, 5) is 9.23. The van der Waals surface area contributed by atoms with Gasteiger partial charge in [-0.05, 0) is 18.0 Å². The summed E-state index contributed by atoms with van der Waals surface area (Å²) in [5.41, 5.74) is 1.70. The Morgan fingerprint density at radius 2 is 1.96 bits per heavy atom. The highest BCUT2D eigenvalue weighted by Crippen LogP contribution is 2.50. The van der Waals surface area contributed by atoms with E-state index in [-0.39, 0.29) is 5.75 Å². The smallest absolute Gasteiger partial charge is 0.174 e. The van der Waals surface area contributed by atoms with E-state index in [1.54, 1.807) is 12.3 Å². The first-order chi connectivity index (χ1) is 11.6. The molecule has 4 rings (SSSR count). The number of ether oxygens (including phenoxy) is 2. The van der Waals surface area contributed by atoms with Gasteiger partial charge in [-0.25, -0.2) is 14.4 Å². The molecule has 24 heavy (non-hydrogen) atoms. The quantitative estimate of drug-likeness (QED) is 0.533. The Kier molecular flexibility index (Phi) is 3.62. The van der Waals surface area contributed by atoms with Crippen LogP contribution in [0.4, 0.5) is 10.2 Å².